The molecule has 2 unspecified atom stereocenters. The molecular formula is C11H21BrN2O4S. The van der Waals surface area contributed by atoms with E-state index in [4.69, 9.17) is 0 Å². The summed E-state index contributed by atoms with van der Waals surface area (Å²) in [6, 6.07) is -0.0740. The third-order valence-corrected chi connectivity index (χ3v) is 4.86. The number of rotatable bonds is 5. The van der Waals surface area contributed by atoms with Crippen LogP contribution < -0.4 is 4.72 Å². The van der Waals surface area contributed by atoms with Crippen molar-refractivity contribution in [3.8, 4) is 0 Å². The van der Waals surface area contributed by atoms with Gasteiger partial charge >= 0.3 is 16.3 Å². The first-order valence-corrected chi connectivity index (χ1v) is 8.82. The van der Waals surface area contributed by atoms with Gasteiger partial charge in [0.25, 0.3) is 0 Å². The molecule has 1 aliphatic rings. The van der Waals surface area contributed by atoms with Crippen molar-refractivity contribution in [1.82, 2.24) is 9.03 Å². The first-order valence-electron chi connectivity index (χ1n) is 6.47. The standard InChI is InChI=1S/C11H21BrN2O4S/c1-3-18-11(15)13-19(16,17)14-7-5-4-6-10(14)8-9(2)12/h9-10H,3-8H2,1-2H3,(H,13,15). The molecule has 1 heterocycles. The van der Waals surface area contributed by atoms with Gasteiger partial charge in [-0.1, -0.05) is 29.3 Å². The van der Waals surface area contributed by atoms with Gasteiger partial charge in [-0.25, -0.2) is 9.52 Å². The summed E-state index contributed by atoms with van der Waals surface area (Å²) in [7, 11) is -3.81. The Labute approximate surface area is 123 Å². The average molecular weight is 357 g/mol. The summed E-state index contributed by atoms with van der Waals surface area (Å²) >= 11 is 3.45. The number of nitrogens with one attached hydrogen (secondary N) is 1. The molecule has 0 saturated carbocycles. The molecule has 1 rings (SSSR count). The van der Waals surface area contributed by atoms with Crippen LogP contribution in [0.5, 0.6) is 0 Å². The second kappa shape index (κ2) is 7.44. The van der Waals surface area contributed by atoms with Crippen molar-refractivity contribution in [1.29, 1.82) is 0 Å². The van der Waals surface area contributed by atoms with Gasteiger partial charge in [0.15, 0.2) is 0 Å². The molecule has 1 N–H and O–H groups in total. The van der Waals surface area contributed by atoms with Crippen LogP contribution in [0.3, 0.4) is 0 Å². The number of halogens is 1. The quantitative estimate of drug-likeness (QED) is 0.764. The highest BCUT2D eigenvalue weighted by atomic mass is 79.9. The van der Waals surface area contributed by atoms with Gasteiger partial charge in [-0.05, 0) is 26.2 Å². The van der Waals surface area contributed by atoms with E-state index in [0.29, 0.717) is 6.54 Å². The predicted octanol–water partition coefficient (Wildman–Crippen LogP) is 2.01. The fraction of sp³-hybridized carbons (Fsp3) is 0.909. The van der Waals surface area contributed by atoms with Crippen molar-refractivity contribution < 1.29 is 17.9 Å². The lowest BCUT2D eigenvalue weighted by Gasteiger charge is -2.34. The lowest BCUT2D eigenvalue weighted by molar-refractivity contribution is 0.157. The fourth-order valence-electron chi connectivity index (χ4n) is 2.23. The zero-order valence-corrected chi connectivity index (χ0v) is 13.7. The van der Waals surface area contributed by atoms with Gasteiger partial charge in [0.2, 0.25) is 0 Å². The number of ether oxygens (including phenoxy) is 1. The molecule has 112 valence electrons. The smallest absolute Gasteiger partial charge is 0.421 e. The zero-order valence-electron chi connectivity index (χ0n) is 11.3. The lowest BCUT2D eigenvalue weighted by atomic mass is 10.0. The van der Waals surface area contributed by atoms with E-state index in [0.717, 1.165) is 25.7 Å². The topological polar surface area (TPSA) is 75.7 Å². The summed E-state index contributed by atoms with van der Waals surface area (Å²) in [5, 5.41) is 0. The molecule has 0 aromatic rings. The molecule has 0 aromatic heterocycles. The van der Waals surface area contributed by atoms with Crippen molar-refractivity contribution >= 4 is 32.2 Å². The number of hydrogen-bond acceptors (Lipinski definition) is 4. The van der Waals surface area contributed by atoms with E-state index in [1.54, 1.807) is 6.92 Å². The van der Waals surface area contributed by atoms with Crippen LogP contribution in [0.1, 0.15) is 39.5 Å². The molecule has 6 nitrogen and oxygen atoms in total. The monoisotopic (exact) mass is 356 g/mol. The normalized spacial score (nSPS) is 22.8. The zero-order chi connectivity index (χ0) is 14.5. The Morgan fingerprint density at radius 3 is 2.79 bits per heavy atom. The minimum atomic E-state index is -3.81. The highest BCUT2D eigenvalue weighted by Crippen LogP contribution is 2.25. The van der Waals surface area contributed by atoms with Crippen molar-refractivity contribution in [2.75, 3.05) is 13.2 Å². The summed E-state index contributed by atoms with van der Waals surface area (Å²) < 4.78 is 32.3. The number of alkyl halides is 1. The van der Waals surface area contributed by atoms with Gasteiger partial charge < -0.3 is 4.74 Å². The van der Waals surface area contributed by atoms with Crippen molar-refractivity contribution in [2.45, 2.75) is 50.4 Å². The lowest BCUT2D eigenvalue weighted by Crippen LogP contribution is -2.51. The molecule has 1 aliphatic heterocycles. The van der Waals surface area contributed by atoms with Gasteiger partial charge in [0.05, 0.1) is 6.61 Å². The molecule has 0 bridgehead atoms. The second-order valence-electron chi connectivity index (χ2n) is 4.60. The van der Waals surface area contributed by atoms with Crippen LogP contribution in [0.25, 0.3) is 0 Å². The van der Waals surface area contributed by atoms with Crippen molar-refractivity contribution in [3.63, 3.8) is 0 Å². The Balaban J connectivity index is 2.75. The highest BCUT2D eigenvalue weighted by Gasteiger charge is 2.34. The van der Waals surface area contributed by atoms with Crippen LogP contribution >= 0.6 is 15.9 Å². The third-order valence-electron chi connectivity index (χ3n) is 2.97. The number of carbonyl (C=O) groups excluding carboxylic acids is 1. The predicted molar refractivity (Wildman–Crippen MR) is 76.4 cm³/mol. The first kappa shape index (κ1) is 16.7. The van der Waals surface area contributed by atoms with E-state index in [9.17, 15) is 13.2 Å². The molecular weight excluding hydrogens is 336 g/mol. The molecule has 0 aromatic carbocycles. The molecule has 0 aliphatic carbocycles. The van der Waals surface area contributed by atoms with Crippen molar-refractivity contribution in [3.05, 3.63) is 0 Å². The minimum absolute atomic E-state index is 0.0740. The summed E-state index contributed by atoms with van der Waals surface area (Å²) in [6.07, 6.45) is 2.45. The van der Waals surface area contributed by atoms with E-state index < -0.39 is 16.3 Å². The second-order valence-corrected chi connectivity index (χ2v) is 7.79. The Bertz CT molecular complexity index is 399. The number of hydrogen-bond donors (Lipinski definition) is 1. The highest BCUT2D eigenvalue weighted by molar-refractivity contribution is 9.09. The Hall–Kier alpha value is -0.340. The van der Waals surface area contributed by atoms with E-state index in [1.807, 2.05) is 11.6 Å². The van der Waals surface area contributed by atoms with Crippen LogP contribution in [-0.4, -0.2) is 42.8 Å². The fourth-order valence-corrected chi connectivity index (χ4v) is 4.00. The molecule has 1 fully saturated rings. The maximum atomic E-state index is 12.2. The third kappa shape index (κ3) is 5.27. The van der Waals surface area contributed by atoms with E-state index in [-0.39, 0.29) is 17.5 Å². The molecule has 1 amide bonds. The Morgan fingerprint density at radius 1 is 1.53 bits per heavy atom. The molecule has 2 atom stereocenters. The van der Waals surface area contributed by atoms with Crippen LogP contribution in [-0.2, 0) is 14.9 Å². The van der Waals surface area contributed by atoms with Crippen LogP contribution in [0.15, 0.2) is 0 Å². The molecule has 19 heavy (non-hydrogen) atoms. The van der Waals surface area contributed by atoms with Crippen LogP contribution in [0, 0.1) is 0 Å². The molecule has 0 spiro atoms. The SMILES string of the molecule is CCOC(=O)NS(=O)(=O)N1CCCCC1CC(C)Br. The average Bonchev–Trinajstić information content (AvgIpc) is 2.28. The maximum Gasteiger partial charge on any atom is 0.421 e. The number of nitrogens with zero attached hydrogens (tertiary/aromatic N) is 1. The van der Waals surface area contributed by atoms with Crippen molar-refractivity contribution in [2.24, 2.45) is 0 Å². The van der Waals surface area contributed by atoms with E-state index >= 15 is 0 Å². The molecule has 8 heteroatoms. The van der Waals surface area contributed by atoms with Gasteiger partial charge in [-0.2, -0.15) is 12.7 Å². The number of carbonyl (C=O) groups is 1. The summed E-state index contributed by atoms with van der Waals surface area (Å²) in [5.41, 5.74) is 0. The van der Waals surface area contributed by atoms with E-state index in [2.05, 4.69) is 20.7 Å². The number of amides is 1. The largest absolute Gasteiger partial charge is 0.449 e. The van der Waals surface area contributed by atoms with Crippen LogP contribution in [0.4, 0.5) is 4.79 Å². The van der Waals surface area contributed by atoms with E-state index in [1.165, 1.54) is 4.31 Å². The summed E-state index contributed by atoms with van der Waals surface area (Å²) in [4.78, 5) is 11.5. The van der Waals surface area contributed by atoms with Gasteiger partial charge in [0, 0.05) is 17.4 Å². The summed E-state index contributed by atoms with van der Waals surface area (Å²) in [5.74, 6) is 0. The number of piperidine rings is 1. The Kier molecular flexibility index (Phi) is 6.55. The Morgan fingerprint density at radius 2 is 2.21 bits per heavy atom. The van der Waals surface area contributed by atoms with Gasteiger partial charge in [0.1, 0.15) is 0 Å². The first-order chi connectivity index (χ1) is 8.86. The maximum absolute atomic E-state index is 12.2. The van der Waals surface area contributed by atoms with Crippen LogP contribution in [0.2, 0.25) is 0 Å². The minimum Gasteiger partial charge on any atom is -0.449 e. The summed E-state index contributed by atoms with van der Waals surface area (Å²) in [6.45, 7) is 4.20. The van der Waals surface area contributed by atoms with Gasteiger partial charge in [-0.3, -0.25) is 0 Å². The van der Waals surface area contributed by atoms with Gasteiger partial charge in [-0.15, -0.1) is 0 Å². The molecule has 0 radical (unpaired) electrons. The molecule has 1 saturated heterocycles.